The van der Waals surface area contributed by atoms with E-state index in [2.05, 4.69) is 15.1 Å². The van der Waals surface area contributed by atoms with Crippen LogP contribution in [-0.4, -0.2) is 41.2 Å². The Labute approximate surface area is 151 Å². The van der Waals surface area contributed by atoms with Crippen LogP contribution in [-0.2, 0) is 26.7 Å². The van der Waals surface area contributed by atoms with Gasteiger partial charge < -0.3 is 10.0 Å². The van der Waals surface area contributed by atoms with E-state index in [1.807, 2.05) is 28.8 Å². The summed E-state index contributed by atoms with van der Waals surface area (Å²) in [6, 6.07) is 0. The number of rotatable bonds is 4. The minimum absolute atomic E-state index is 0.0975. The average Bonchev–Trinajstić information content (AvgIpc) is 3.40. The molecule has 8 nitrogen and oxygen atoms in total. The molecule has 0 bridgehead atoms. The van der Waals surface area contributed by atoms with E-state index in [0.717, 1.165) is 41.5 Å². The standard InChI is InChI=1S/C18H23N7O/c1-23-17-14(9-19-23)18(22-16(21-17)12-4-2-3-5-12)24-10-13-8-20-25(6-7-26)15(13)11-24/h8-9,12,26H,2-7,10-11H2,1H3. The summed E-state index contributed by atoms with van der Waals surface area (Å²) in [7, 11) is 1.94. The zero-order chi connectivity index (χ0) is 17.7. The second kappa shape index (κ2) is 6.05. The van der Waals surface area contributed by atoms with Crippen LogP contribution in [0, 0.1) is 0 Å². The molecule has 1 aliphatic heterocycles. The van der Waals surface area contributed by atoms with Crippen molar-refractivity contribution < 1.29 is 5.11 Å². The number of hydrogen-bond donors (Lipinski definition) is 1. The van der Waals surface area contributed by atoms with Crippen molar-refractivity contribution in [1.82, 2.24) is 29.5 Å². The summed E-state index contributed by atoms with van der Waals surface area (Å²) in [5, 5.41) is 19.0. The Morgan fingerprint density at radius 3 is 2.77 bits per heavy atom. The summed E-state index contributed by atoms with van der Waals surface area (Å²) >= 11 is 0. The van der Waals surface area contributed by atoms with E-state index >= 15 is 0 Å². The predicted molar refractivity (Wildman–Crippen MR) is 96.7 cm³/mol. The monoisotopic (exact) mass is 353 g/mol. The van der Waals surface area contributed by atoms with Crippen molar-refractivity contribution in [3.05, 3.63) is 29.5 Å². The normalized spacial score (nSPS) is 17.5. The van der Waals surface area contributed by atoms with Crippen LogP contribution in [0.4, 0.5) is 5.82 Å². The molecule has 1 saturated carbocycles. The van der Waals surface area contributed by atoms with E-state index in [4.69, 9.17) is 9.97 Å². The van der Waals surface area contributed by atoms with Crippen LogP contribution >= 0.6 is 0 Å². The molecule has 1 fully saturated rings. The van der Waals surface area contributed by atoms with Crippen molar-refractivity contribution >= 4 is 16.9 Å². The lowest BCUT2D eigenvalue weighted by Crippen LogP contribution is -2.20. The third-order valence-corrected chi connectivity index (χ3v) is 5.66. The lowest BCUT2D eigenvalue weighted by atomic mass is 10.1. The molecule has 0 unspecified atom stereocenters. The quantitative estimate of drug-likeness (QED) is 0.769. The highest BCUT2D eigenvalue weighted by atomic mass is 16.3. The summed E-state index contributed by atoms with van der Waals surface area (Å²) < 4.78 is 3.74. The van der Waals surface area contributed by atoms with Gasteiger partial charge in [-0.1, -0.05) is 12.8 Å². The molecule has 2 aliphatic rings. The molecule has 0 aromatic carbocycles. The highest BCUT2D eigenvalue weighted by molar-refractivity contribution is 5.87. The van der Waals surface area contributed by atoms with Gasteiger partial charge in [-0.3, -0.25) is 9.36 Å². The number of aryl methyl sites for hydroxylation is 1. The Morgan fingerprint density at radius 2 is 1.96 bits per heavy atom. The Balaban J connectivity index is 1.56. The first-order valence-corrected chi connectivity index (χ1v) is 9.33. The van der Waals surface area contributed by atoms with Crippen LogP contribution in [0.1, 0.15) is 48.7 Å². The number of anilines is 1. The second-order valence-corrected chi connectivity index (χ2v) is 7.31. The van der Waals surface area contributed by atoms with Gasteiger partial charge >= 0.3 is 0 Å². The molecule has 4 heterocycles. The Kier molecular flexibility index (Phi) is 3.66. The topological polar surface area (TPSA) is 84.9 Å². The van der Waals surface area contributed by atoms with E-state index in [9.17, 15) is 5.11 Å². The van der Waals surface area contributed by atoms with Gasteiger partial charge in [-0.15, -0.1) is 0 Å². The van der Waals surface area contributed by atoms with Crippen LogP contribution in [0.15, 0.2) is 12.4 Å². The van der Waals surface area contributed by atoms with Crippen molar-refractivity contribution in [3.8, 4) is 0 Å². The number of aliphatic hydroxyl groups excluding tert-OH is 1. The van der Waals surface area contributed by atoms with Crippen molar-refractivity contribution in [2.45, 2.75) is 51.2 Å². The van der Waals surface area contributed by atoms with Crippen LogP contribution in [0.2, 0.25) is 0 Å². The Hall–Kier alpha value is -2.48. The smallest absolute Gasteiger partial charge is 0.163 e. The maximum atomic E-state index is 9.25. The molecule has 0 saturated heterocycles. The molecule has 0 radical (unpaired) electrons. The SMILES string of the molecule is Cn1ncc2c(N3Cc4cnn(CCO)c4C3)nc(C3CCCC3)nc21. The molecule has 0 spiro atoms. The van der Waals surface area contributed by atoms with Gasteiger partial charge in [-0.05, 0) is 12.8 Å². The van der Waals surface area contributed by atoms with Gasteiger partial charge in [0.1, 0.15) is 11.6 Å². The number of aliphatic hydroxyl groups is 1. The number of fused-ring (bicyclic) bond motifs is 2. The molecule has 1 aliphatic carbocycles. The third kappa shape index (κ3) is 2.39. The maximum Gasteiger partial charge on any atom is 0.163 e. The summed E-state index contributed by atoms with van der Waals surface area (Å²) in [5.41, 5.74) is 3.28. The second-order valence-electron chi connectivity index (χ2n) is 7.31. The molecule has 3 aromatic rings. The molecule has 8 heteroatoms. The van der Waals surface area contributed by atoms with Gasteiger partial charge in [0.2, 0.25) is 0 Å². The Bertz CT molecular complexity index is 954. The fourth-order valence-corrected chi connectivity index (χ4v) is 4.28. The molecule has 26 heavy (non-hydrogen) atoms. The van der Waals surface area contributed by atoms with E-state index in [1.165, 1.54) is 31.2 Å². The molecule has 0 amide bonds. The molecule has 3 aromatic heterocycles. The minimum Gasteiger partial charge on any atom is -0.394 e. The molecule has 0 atom stereocenters. The van der Waals surface area contributed by atoms with Gasteiger partial charge in [0.05, 0.1) is 43.2 Å². The van der Waals surface area contributed by atoms with Crippen LogP contribution in [0.25, 0.3) is 11.0 Å². The maximum absolute atomic E-state index is 9.25. The minimum atomic E-state index is 0.0975. The van der Waals surface area contributed by atoms with Gasteiger partial charge in [-0.25, -0.2) is 9.97 Å². The van der Waals surface area contributed by atoms with E-state index in [-0.39, 0.29) is 6.61 Å². The van der Waals surface area contributed by atoms with Crippen molar-refractivity contribution in [2.75, 3.05) is 11.5 Å². The highest BCUT2D eigenvalue weighted by Crippen LogP contribution is 2.36. The summed E-state index contributed by atoms with van der Waals surface area (Å²) in [5.74, 6) is 2.39. The van der Waals surface area contributed by atoms with Gasteiger partial charge in [-0.2, -0.15) is 10.2 Å². The molecular formula is C18H23N7O. The lowest BCUT2D eigenvalue weighted by Gasteiger charge is -2.20. The fraction of sp³-hybridized carbons (Fsp3) is 0.556. The van der Waals surface area contributed by atoms with Crippen LogP contribution in [0.5, 0.6) is 0 Å². The fourth-order valence-electron chi connectivity index (χ4n) is 4.28. The first kappa shape index (κ1) is 15.7. The number of hydrogen-bond acceptors (Lipinski definition) is 6. The zero-order valence-electron chi connectivity index (χ0n) is 15.0. The van der Waals surface area contributed by atoms with Crippen molar-refractivity contribution in [1.29, 1.82) is 0 Å². The zero-order valence-corrected chi connectivity index (χ0v) is 15.0. The largest absolute Gasteiger partial charge is 0.394 e. The van der Waals surface area contributed by atoms with E-state index < -0.39 is 0 Å². The summed E-state index contributed by atoms with van der Waals surface area (Å²) in [6.45, 7) is 2.16. The predicted octanol–water partition coefficient (Wildman–Crippen LogP) is 1.73. The lowest BCUT2D eigenvalue weighted by molar-refractivity contribution is 0.267. The summed E-state index contributed by atoms with van der Waals surface area (Å²) in [4.78, 5) is 12.1. The molecule has 136 valence electrons. The van der Waals surface area contributed by atoms with Gasteiger partial charge in [0.15, 0.2) is 5.65 Å². The van der Waals surface area contributed by atoms with Crippen LogP contribution < -0.4 is 4.90 Å². The molecule has 1 N–H and O–H groups in total. The number of aromatic nitrogens is 6. The van der Waals surface area contributed by atoms with Crippen molar-refractivity contribution in [3.63, 3.8) is 0 Å². The van der Waals surface area contributed by atoms with E-state index in [1.54, 1.807) is 0 Å². The highest BCUT2D eigenvalue weighted by Gasteiger charge is 2.29. The third-order valence-electron chi connectivity index (χ3n) is 5.66. The van der Waals surface area contributed by atoms with Crippen LogP contribution in [0.3, 0.4) is 0 Å². The van der Waals surface area contributed by atoms with E-state index in [0.29, 0.717) is 12.5 Å². The number of nitrogens with zero attached hydrogens (tertiary/aromatic N) is 7. The molecular weight excluding hydrogens is 330 g/mol. The first-order valence-electron chi connectivity index (χ1n) is 9.33. The first-order chi connectivity index (χ1) is 12.7. The Morgan fingerprint density at radius 1 is 1.12 bits per heavy atom. The van der Waals surface area contributed by atoms with Gasteiger partial charge in [0.25, 0.3) is 0 Å². The average molecular weight is 353 g/mol. The summed E-state index contributed by atoms with van der Waals surface area (Å²) in [6.07, 6.45) is 8.65. The van der Waals surface area contributed by atoms with Gasteiger partial charge in [0, 0.05) is 25.1 Å². The van der Waals surface area contributed by atoms with Crippen molar-refractivity contribution in [2.24, 2.45) is 7.05 Å². The molecule has 5 rings (SSSR count).